The van der Waals surface area contributed by atoms with Crippen LogP contribution in [0.4, 0.5) is 5.69 Å². The van der Waals surface area contributed by atoms with Gasteiger partial charge in [0.05, 0.1) is 5.41 Å². The number of hydrogen-bond donors (Lipinski definition) is 0. The highest BCUT2D eigenvalue weighted by atomic mass is 27.1. The van der Waals surface area contributed by atoms with Crippen molar-refractivity contribution in [2.75, 3.05) is 2.87 Å². The van der Waals surface area contributed by atoms with Crippen molar-refractivity contribution in [3.05, 3.63) is 113 Å². The molecule has 4 aromatic carbocycles. The second-order valence-electron chi connectivity index (χ2n) is 7.98. The van der Waals surface area contributed by atoms with Crippen LogP contribution in [0.2, 0.25) is 0 Å². The number of fused-ring (bicyclic) bond motifs is 10. The van der Waals surface area contributed by atoms with Gasteiger partial charge in [-0.3, -0.25) is 0 Å². The van der Waals surface area contributed by atoms with Gasteiger partial charge in [-0.2, -0.15) is 0 Å². The fourth-order valence-corrected chi connectivity index (χ4v) is 5.86. The van der Waals surface area contributed by atoms with Gasteiger partial charge >= 0.3 is 0 Å². The Morgan fingerprint density at radius 2 is 1.10 bits per heavy atom. The van der Waals surface area contributed by atoms with Gasteiger partial charge in [0, 0.05) is 0 Å². The third kappa shape index (κ3) is 2.12. The molecule has 132 valence electrons. The molecule has 2 aliphatic rings. The van der Waals surface area contributed by atoms with E-state index in [1.165, 1.54) is 55.8 Å². The standard InChI is InChI=1S/C26H17N.2Al/c1-16-14-17(27)15-24-25(16)20-10-4-7-13-23(20)26(24)21-11-5-2-8-18(21)19-9-3-6-12-22(19)26;;/h2-15H,1H3;;. The molecule has 0 aliphatic heterocycles. The molecule has 6 rings (SSSR count). The molecule has 0 saturated heterocycles. The second kappa shape index (κ2) is 6.12. The maximum absolute atomic E-state index is 2.77. The molecule has 0 heterocycles. The van der Waals surface area contributed by atoms with Crippen molar-refractivity contribution >= 4 is 38.7 Å². The summed E-state index contributed by atoms with van der Waals surface area (Å²) in [5.41, 5.74) is 13.3. The second-order valence-corrected chi connectivity index (χ2v) is 9.69. The van der Waals surface area contributed by atoms with Crippen molar-refractivity contribution in [2.45, 2.75) is 12.3 Å². The number of benzene rings is 4. The van der Waals surface area contributed by atoms with E-state index in [9.17, 15) is 0 Å². The summed E-state index contributed by atoms with van der Waals surface area (Å²) in [5.74, 6) is 0. The molecule has 2 aliphatic carbocycles. The van der Waals surface area contributed by atoms with Gasteiger partial charge in [0.1, 0.15) is 0 Å². The van der Waals surface area contributed by atoms with E-state index in [2.05, 4.69) is 128 Å². The summed E-state index contributed by atoms with van der Waals surface area (Å²) in [6, 6.07) is 31.5. The van der Waals surface area contributed by atoms with E-state index in [-0.39, 0.29) is 5.41 Å². The summed E-state index contributed by atoms with van der Waals surface area (Å²) in [6.07, 6.45) is 0. The summed E-state index contributed by atoms with van der Waals surface area (Å²) >= 11 is 5.54. The van der Waals surface area contributed by atoms with Crippen LogP contribution in [0, 0.1) is 6.92 Å². The molecule has 0 saturated carbocycles. The average Bonchev–Trinajstić information content (AvgIpc) is 3.21. The fraction of sp³-hybridized carbons (Fsp3) is 0.0769. The molecule has 0 unspecified atom stereocenters. The van der Waals surface area contributed by atoms with E-state index in [0.717, 1.165) is 0 Å². The van der Waals surface area contributed by atoms with Crippen LogP contribution in [0.25, 0.3) is 22.3 Å². The fourth-order valence-electron chi connectivity index (χ4n) is 5.56. The van der Waals surface area contributed by atoms with Crippen molar-refractivity contribution in [2.24, 2.45) is 0 Å². The summed E-state index contributed by atoms with van der Waals surface area (Å²) in [4.78, 5) is 0. The van der Waals surface area contributed by atoms with Crippen molar-refractivity contribution < 1.29 is 0 Å². The Labute approximate surface area is 188 Å². The van der Waals surface area contributed by atoms with Crippen LogP contribution in [-0.4, -0.2) is 33.0 Å². The topological polar surface area (TPSA) is 3.24 Å². The van der Waals surface area contributed by atoms with Crippen molar-refractivity contribution in [1.29, 1.82) is 0 Å². The quantitative estimate of drug-likeness (QED) is 0.340. The zero-order chi connectivity index (χ0) is 19.8. The molecule has 4 aromatic rings. The van der Waals surface area contributed by atoms with E-state index >= 15 is 0 Å². The van der Waals surface area contributed by atoms with Crippen LogP contribution in [0.1, 0.15) is 27.8 Å². The molecule has 0 fully saturated rings. The van der Waals surface area contributed by atoms with Gasteiger partial charge in [-0.1, -0.05) is 72.8 Å². The summed E-state index contributed by atoms with van der Waals surface area (Å²) in [5, 5.41) is 0. The monoisotopic (exact) mass is 397 g/mol. The van der Waals surface area contributed by atoms with Gasteiger partial charge < -0.3 is 2.87 Å². The largest absolute Gasteiger partial charge is 0.587 e. The Morgan fingerprint density at radius 1 is 0.621 bits per heavy atom. The molecule has 0 amide bonds. The maximum atomic E-state index is 2.77. The first-order valence-corrected chi connectivity index (χ1v) is 10.9. The summed E-state index contributed by atoms with van der Waals surface area (Å²) < 4.78 is 2.05. The molecule has 0 N–H and O–H groups in total. The van der Waals surface area contributed by atoms with Gasteiger partial charge in [-0.25, -0.2) is 0 Å². The van der Waals surface area contributed by atoms with E-state index in [4.69, 9.17) is 0 Å². The normalized spacial score (nSPS) is 14.2. The Kier molecular flexibility index (Phi) is 3.71. The lowest BCUT2D eigenvalue weighted by Gasteiger charge is -2.32. The Hall–Kier alpha value is -2.26. The highest BCUT2D eigenvalue weighted by Crippen LogP contribution is 2.63. The molecular formula is C26H17Al2N. The molecule has 3 heteroatoms. The van der Waals surface area contributed by atoms with Crippen molar-refractivity contribution in [3.8, 4) is 22.3 Å². The van der Waals surface area contributed by atoms with Crippen molar-refractivity contribution in [3.63, 3.8) is 0 Å². The first-order chi connectivity index (χ1) is 14.1. The predicted octanol–water partition coefficient (Wildman–Crippen LogP) is 5.31. The minimum Gasteiger partial charge on any atom is -0.587 e. The van der Waals surface area contributed by atoms with E-state index in [1.807, 2.05) is 0 Å². The summed E-state index contributed by atoms with van der Waals surface area (Å²) in [6.45, 7) is 2.24. The van der Waals surface area contributed by atoms with E-state index in [1.54, 1.807) is 0 Å². The van der Waals surface area contributed by atoms with Crippen LogP contribution in [0.3, 0.4) is 0 Å². The molecule has 0 aromatic heterocycles. The number of anilines is 1. The zero-order valence-corrected chi connectivity index (χ0v) is 18.5. The van der Waals surface area contributed by atoms with E-state index < -0.39 is 0 Å². The van der Waals surface area contributed by atoms with Crippen LogP contribution in [0.5, 0.6) is 0 Å². The Bertz CT molecular complexity index is 1260. The number of rotatable bonds is 1. The van der Waals surface area contributed by atoms with Crippen LogP contribution < -0.4 is 2.87 Å². The first-order valence-electron chi connectivity index (χ1n) is 9.88. The highest BCUT2D eigenvalue weighted by molar-refractivity contribution is 6.41. The smallest absolute Gasteiger partial charge is 0.277 e. The van der Waals surface area contributed by atoms with Crippen LogP contribution >= 0.6 is 0 Å². The van der Waals surface area contributed by atoms with Crippen LogP contribution in [0.15, 0.2) is 84.9 Å². The lowest BCUT2D eigenvalue weighted by Crippen LogP contribution is -2.26. The Balaban J connectivity index is 1.86. The van der Waals surface area contributed by atoms with Gasteiger partial charge in [0.15, 0.2) is 0 Å². The minimum absolute atomic E-state index is 0.259. The third-order valence-corrected chi connectivity index (χ3v) is 7.17. The van der Waals surface area contributed by atoms with Crippen molar-refractivity contribution in [1.82, 2.24) is 0 Å². The van der Waals surface area contributed by atoms with Gasteiger partial charge in [-0.15, -0.1) is 0 Å². The molecular weight excluding hydrogens is 380 g/mol. The number of aryl methyl sites for hydroxylation is 1. The third-order valence-electron chi connectivity index (χ3n) is 6.58. The average molecular weight is 397 g/mol. The highest BCUT2D eigenvalue weighted by Gasteiger charge is 2.51. The lowest BCUT2D eigenvalue weighted by atomic mass is 9.70. The van der Waals surface area contributed by atoms with Gasteiger partial charge in [0.25, 0.3) is 33.0 Å². The SMILES string of the molecule is Cc1cc([N]([Al])[Al])cc2c1-c1ccccc1C21c2ccccc2-c2ccccc21. The number of nitrogens with zero attached hydrogens (tertiary/aromatic N) is 1. The van der Waals surface area contributed by atoms with Crippen LogP contribution in [-0.2, 0) is 5.41 Å². The molecule has 4 radical (unpaired) electrons. The minimum atomic E-state index is -0.259. The molecule has 0 bridgehead atoms. The molecule has 29 heavy (non-hydrogen) atoms. The molecule has 0 atom stereocenters. The molecule has 1 nitrogen and oxygen atoms in total. The first kappa shape index (κ1) is 17.6. The molecule has 1 spiro atoms. The summed E-state index contributed by atoms with van der Waals surface area (Å²) in [7, 11) is 0. The Morgan fingerprint density at radius 3 is 1.66 bits per heavy atom. The number of hydrogen-bond acceptors (Lipinski definition) is 1. The predicted molar refractivity (Wildman–Crippen MR) is 121 cm³/mol. The maximum Gasteiger partial charge on any atom is 0.277 e. The van der Waals surface area contributed by atoms with E-state index in [0.29, 0.717) is 0 Å². The van der Waals surface area contributed by atoms with Gasteiger partial charge in [-0.05, 0) is 74.8 Å². The zero-order valence-electron chi connectivity index (χ0n) is 16.2. The van der Waals surface area contributed by atoms with Gasteiger partial charge in [0.2, 0.25) is 0 Å². The lowest BCUT2D eigenvalue weighted by molar-refractivity contribution is 0.793.